The Morgan fingerprint density at radius 1 is 1.12 bits per heavy atom. The van der Waals surface area contributed by atoms with E-state index < -0.39 is 0 Å². The first-order valence-corrected chi connectivity index (χ1v) is 6.09. The van der Waals surface area contributed by atoms with Crippen LogP contribution in [0.5, 0.6) is 0 Å². The first kappa shape index (κ1) is 12.2. The highest BCUT2D eigenvalue weighted by Crippen LogP contribution is 2.29. The van der Waals surface area contributed by atoms with Gasteiger partial charge in [0.1, 0.15) is 0 Å². The highest BCUT2D eigenvalue weighted by atomic mass is 35.5. The van der Waals surface area contributed by atoms with Crippen LogP contribution < -0.4 is 5.73 Å². The molecule has 1 aromatic carbocycles. The number of rotatable bonds is 2. The SMILES string of the molecule is Cl.N[C@H](c1cccs1)c1c[nH]c2ccccc12. The third-order valence-electron chi connectivity index (χ3n) is 2.81. The number of hydrogen-bond acceptors (Lipinski definition) is 2. The summed E-state index contributed by atoms with van der Waals surface area (Å²) in [6, 6.07) is 12.3. The lowest BCUT2D eigenvalue weighted by Gasteiger charge is -2.07. The Morgan fingerprint density at radius 3 is 2.71 bits per heavy atom. The van der Waals surface area contributed by atoms with Gasteiger partial charge in [-0.1, -0.05) is 24.3 Å². The van der Waals surface area contributed by atoms with Crippen LogP contribution in [0.2, 0.25) is 0 Å². The van der Waals surface area contributed by atoms with E-state index in [0.29, 0.717) is 0 Å². The number of fused-ring (bicyclic) bond motifs is 1. The molecular weight excluding hydrogens is 252 g/mol. The second kappa shape index (κ2) is 4.92. The van der Waals surface area contributed by atoms with Crippen molar-refractivity contribution in [1.82, 2.24) is 4.98 Å². The Kier molecular flexibility index (Phi) is 3.52. The zero-order valence-corrected chi connectivity index (χ0v) is 10.7. The maximum Gasteiger partial charge on any atom is 0.0667 e. The Morgan fingerprint density at radius 2 is 1.94 bits per heavy atom. The summed E-state index contributed by atoms with van der Waals surface area (Å²) in [6.45, 7) is 0. The van der Waals surface area contributed by atoms with Gasteiger partial charge in [-0.3, -0.25) is 0 Å². The molecule has 0 radical (unpaired) electrons. The molecule has 0 saturated heterocycles. The minimum atomic E-state index is -0.0313. The lowest BCUT2D eigenvalue weighted by molar-refractivity contribution is 0.903. The van der Waals surface area contributed by atoms with Gasteiger partial charge < -0.3 is 10.7 Å². The van der Waals surface area contributed by atoms with E-state index in [-0.39, 0.29) is 18.4 Å². The van der Waals surface area contributed by atoms with Crippen LogP contribution in [-0.4, -0.2) is 4.98 Å². The molecule has 0 aliphatic heterocycles. The zero-order valence-electron chi connectivity index (χ0n) is 9.09. The molecule has 4 heteroatoms. The maximum absolute atomic E-state index is 6.26. The van der Waals surface area contributed by atoms with E-state index in [9.17, 15) is 0 Å². The molecular formula is C13H13ClN2S. The first-order valence-electron chi connectivity index (χ1n) is 5.21. The Bertz CT molecular complexity index is 601. The molecule has 88 valence electrons. The molecule has 17 heavy (non-hydrogen) atoms. The van der Waals surface area contributed by atoms with E-state index in [1.807, 2.05) is 24.4 Å². The predicted octanol–water partition coefficient (Wildman–Crippen LogP) is 3.70. The molecule has 3 N–H and O–H groups in total. The van der Waals surface area contributed by atoms with E-state index in [1.165, 1.54) is 10.3 Å². The number of benzene rings is 1. The summed E-state index contributed by atoms with van der Waals surface area (Å²) in [6.07, 6.45) is 2.01. The number of nitrogens with two attached hydrogens (primary N) is 1. The number of halogens is 1. The van der Waals surface area contributed by atoms with Crippen molar-refractivity contribution in [2.24, 2.45) is 5.73 Å². The van der Waals surface area contributed by atoms with E-state index in [4.69, 9.17) is 5.73 Å². The summed E-state index contributed by atoms with van der Waals surface area (Å²) in [5, 5.41) is 3.27. The Labute approximate surface area is 110 Å². The molecule has 0 amide bonds. The second-order valence-electron chi connectivity index (χ2n) is 3.78. The summed E-state index contributed by atoms with van der Waals surface area (Å²) < 4.78 is 0. The lowest BCUT2D eigenvalue weighted by Crippen LogP contribution is -2.09. The topological polar surface area (TPSA) is 41.8 Å². The van der Waals surface area contributed by atoms with Crippen LogP contribution in [0.25, 0.3) is 10.9 Å². The normalized spacial score (nSPS) is 12.3. The summed E-state index contributed by atoms with van der Waals surface area (Å²) in [5.74, 6) is 0. The van der Waals surface area contributed by atoms with Gasteiger partial charge in [0.25, 0.3) is 0 Å². The highest BCUT2D eigenvalue weighted by molar-refractivity contribution is 7.10. The van der Waals surface area contributed by atoms with Gasteiger partial charge in [-0.05, 0) is 23.1 Å². The van der Waals surface area contributed by atoms with Crippen LogP contribution >= 0.6 is 23.7 Å². The molecule has 1 atom stereocenters. The number of para-hydroxylation sites is 1. The second-order valence-corrected chi connectivity index (χ2v) is 4.76. The van der Waals surface area contributed by atoms with E-state index in [1.54, 1.807) is 11.3 Å². The molecule has 0 saturated carbocycles. The molecule has 2 heterocycles. The number of aromatic amines is 1. The largest absolute Gasteiger partial charge is 0.361 e. The average molecular weight is 265 g/mol. The van der Waals surface area contributed by atoms with Crippen molar-refractivity contribution in [1.29, 1.82) is 0 Å². The molecule has 0 bridgehead atoms. The third-order valence-corrected chi connectivity index (χ3v) is 3.76. The number of hydrogen-bond donors (Lipinski definition) is 2. The third kappa shape index (κ3) is 2.09. The molecule has 0 spiro atoms. The van der Waals surface area contributed by atoms with E-state index in [2.05, 4.69) is 28.6 Å². The van der Waals surface area contributed by atoms with Gasteiger partial charge in [0.15, 0.2) is 0 Å². The lowest BCUT2D eigenvalue weighted by atomic mass is 10.1. The number of thiophene rings is 1. The molecule has 0 fully saturated rings. The number of nitrogens with one attached hydrogen (secondary N) is 1. The van der Waals surface area contributed by atoms with Crippen molar-refractivity contribution >= 4 is 34.6 Å². The number of H-pyrrole nitrogens is 1. The van der Waals surface area contributed by atoms with Crippen molar-refractivity contribution in [2.45, 2.75) is 6.04 Å². The van der Waals surface area contributed by atoms with E-state index in [0.717, 1.165) is 11.1 Å². The smallest absolute Gasteiger partial charge is 0.0667 e. The van der Waals surface area contributed by atoms with Crippen molar-refractivity contribution in [2.75, 3.05) is 0 Å². The minimum Gasteiger partial charge on any atom is -0.361 e. The van der Waals surface area contributed by atoms with Crippen LogP contribution in [-0.2, 0) is 0 Å². The predicted molar refractivity (Wildman–Crippen MR) is 75.9 cm³/mol. The molecule has 0 unspecified atom stereocenters. The van der Waals surface area contributed by atoms with Crippen LogP contribution in [0.1, 0.15) is 16.5 Å². The van der Waals surface area contributed by atoms with Crippen LogP contribution in [0, 0.1) is 0 Å². The number of aromatic nitrogens is 1. The Balaban J connectivity index is 0.00000108. The summed E-state index contributed by atoms with van der Waals surface area (Å²) >= 11 is 1.70. The van der Waals surface area contributed by atoms with Crippen LogP contribution in [0.15, 0.2) is 48.0 Å². The minimum absolute atomic E-state index is 0. The fourth-order valence-electron chi connectivity index (χ4n) is 1.97. The molecule has 3 rings (SSSR count). The van der Waals surface area contributed by atoms with Crippen molar-refractivity contribution in [3.63, 3.8) is 0 Å². The standard InChI is InChI=1S/C13H12N2S.ClH/c14-13(12-6-3-7-16-12)10-8-15-11-5-2-1-4-9(10)11;/h1-8,13,15H,14H2;1H/t13-;/m0./s1. The van der Waals surface area contributed by atoms with Crippen molar-refractivity contribution in [3.05, 3.63) is 58.4 Å². The van der Waals surface area contributed by atoms with Gasteiger partial charge >= 0.3 is 0 Å². The molecule has 3 aromatic rings. The van der Waals surface area contributed by atoms with Gasteiger partial charge in [-0.25, -0.2) is 0 Å². The van der Waals surface area contributed by atoms with Crippen LogP contribution in [0.4, 0.5) is 0 Å². The van der Waals surface area contributed by atoms with Gasteiger partial charge in [-0.2, -0.15) is 0 Å². The van der Waals surface area contributed by atoms with Gasteiger partial charge in [0.05, 0.1) is 6.04 Å². The van der Waals surface area contributed by atoms with Crippen molar-refractivity contribution < 1.29 is 0 Å². The molecule has 0 aliphatic carbocycles. The summed E-state index contributed by atoms with van der Waals surface area (Å²) in [7, 11) is 0. The van der Waals surface area contributed by atoms with Crippen molar-refractivity contribution in [3.8, 4) is 0 Å². The fraction of sp³-hybridized carbons (Fsp3) is 0.0769. The van der Waals surface area contributed by atoms with Crippen LogP contribution in [0.3, 0.4) is 0 Å². The maximum atomic E-state index is 6.26. The monoisotopic (exact) mass is 264 g/mol. The highest BCUT2D eigenvalue weighted by Gasteiger charge is 2.13. The summed E-state index contributed by atoms with van der Waals surface area (Å²) in [4.78, 5) is 4.45. The molecule has 0 aliphatic rings. The quantitative estimate of drug-likeness (QED) is 0.728. The Hall–Kier alpha value is -1.29. The van der Waals surface area contributed by atoms with E-state index >= 15 is 0 Å². The zero-order chi connectivity index (χ0) is 11.0. The molecule has 2 nitrogen and oxygen atoms in total. The van der Waals surface area contributed by atoms with Gasteiger partial charge in [-0.15, -0.1) is 23.7 Å². The first-order chi connectivity index (χ1) is 7.86. The summed E-state index contributed by atoms with van der Waals surface area (Å²) in [5.41, 5.74) is 8.57. The molecule has 2 aromatic heterocycles. The van der Waals surface area contributed by atoms with Gasteiger partial charge in [0.2, 0.25) is 0 Å². The average Bonchev–Trinajstić information content (AvgIpc) is 2.98. The fourth-order valence-corrected chi connectivity index (χ4v) is 2.72. The van der Waals surface area contributed by atoms with Gasteiger partial charge in [0, 0.05) is 22.0 Å².